The summed E-state index contributed by atoms with van der Waals surface area (Å²) in [5, 5.41) is 4.96. The van der Waals surface area contributed by atoms with Crippen molar-refractivity contribution in [1.82, 2.24) is 14.7 Å². The lowest BCUT2D eigenvalue weighted by molar-refractivity contribution is -0.120. The van der Waals surface area contributed by atoms with E-state index >= 15 is 0 Å². The van der Waals surface area contributed by atoms with Crippen molar-refractivity contribution in [3.05, 3.63) is 41.5 Å². The molecule has 0 saturated carbocycles. The summed E-state index contributed by atoms with van der Waals surface area (Å²) in [5.74, 6) is 0.882. The van der Waals surface area contributed by atoms with Crippen LogP contribution in [0.5, 0.6) is 5.75 Å². The van der Waals surface area contributed by atoms with E-state index in [9.17, 15) is 4.79 Å². The molecule has 1 N–H and O–H groups in total. The second kappa shape index (κ2) is 7.49. The van der Waals surface area contributed by atoms with Crippen LogP contribution in [-0.2, 0) is 11.2 Å². The number of rotatable bonds is 7. The van der Waals surface area contributed by atoms with Gasteiger partial charge in [0.2, 0.25) is 5.91 Å². The van der Waals surface area contributed by atoms with Crippen molar-refractivity contribution in [2.75, 3.05) is 13.7 Å². The maximum absolute atomic E-state index is 12.0. The van der Waals surface area contributed by atoms with Crippen molar-refractivity contribution in [3.63, 3.8) is 0 Å². The highest BCUT2D eigenvalue weighted by Crippen LogP contribution is 2.25. The van der Waals surface area contributed by atoms with Crippen LogP contribution in [0.1, 0.15) is 25.5 Å². The number of aromatic nitrogens is 2. The average Bonchev–Trinajstić information content (AvgIpc) is 3.17. The first-order valence-electron chi connectivity index (χ1n) is 8.08. The molecule has 0 aliphatic carbocycles. The molecule has 1 aromatic carbocycles. The predicted octanol–water partition coefficient (Wildman–Crippen LogP) is 3.53. The lowest BCUT2D eigenvalue weighted by atomic mass is 10.2. The maximum Gasteiger partial charge on any atom is 0.225 e. The quantitative estimate of drug-likeness (QED) is 0.668. The van der Waals surface area contributed by atoms with Gasteiger partial charge < -0.3 is 10.1 Å². The number of nitrogens with one attached hydrogen (secondary N) is 1. The Bertz CT molecular complexity index is 821. The molecule has 0 aliphatic rings. The van der Waals surface area contributed by atoms with Crippen LogP contribution in [0.15, 0.2) is 35.8 Å². The smallest absolute Gasteiger partial charge is 0.225 e. The van der Waals surface area contributed by atoms with Crippen LogP contribution in [-0.4, -0.2) is 28.9 Å². The third kappa shape index (κ3) is 3.59. The van der Waals surface area contributed by atoms with Crippen molar-refractivity contribution in [2.24, 2.45) is 0 Å². The van der Waals surface area contributed by atoms with Gasteiger partial charge in [-0.3, -0.25) is 9.20 Å². The van der Waals surface area contributed by atoms with E-state index < -0.39 is 0 Å². The molecule has 126 valence electrons. The molecule has 0 bridgehead atoms. The summed E-state index contributed by atoms with van der Waals surface area (Å²) < 4.78 is 7.19. The summed E-state index contributed by atoms with van der Waals surface area (Å²) >= 11 is 1.55. The number of nitrogens with zero attached hydrogens (tertiary/aromatic N) is 2. The normalized spacial score (nSPS) is 10.9. The van der Waals surface area contributed by atoms with Gasteiger partial charge in [-0.1, -0.05) is 13.3 Å². The third-order valence-electron chi connectivity index (χ3n) is 3.86. The van der Waals surface area contributed by atoms with Gasteiger partial charge in [0, 0.05) is 29.4 Å². The van der Waals surface area contributed by atoms with Gasteiger partial charge in [0.25, 0.3) is 0 Å². The molecule has 0 radical (unpaired) electrons. The molecule has 2 heterocycles. The number of amides is 1. The number of fused-ring (bicyclic) bond motifs is 1. The van der Waals surface area contributed by atoms with Gasteiger partial charge >= 0.3 is 0 Å². The fourth-order valence-electron chi connectivity index (χ4n) is 2.49. The van der Waals surface area contributed by atoms with Gasteiger partial charge in [0.15, 0.2) is 4.96 Å². The van der Waals surface area contributed by atoms with E-state index in [1.807, 2.05) is 40.2 Å². The van der Waals surface area contributed by atoms with E-state index in [-0.39, 0.29) is 5.91 Å². The molecule has 0 atom stereocenters. The Labute approximate surface area is 145 Å². The number of ether oxygens (including phenoxy) is 1. The van der Waals surface area contributed by atoms with E-state index in [2.05, 4.69) is 17.2 Å². The maximum atomic E-state index is 12.0. The fourth-order valence-corrected chi connectivity index (χ4v) is 3.36. The molecule has 0 fully saturated rings. The lowest BCUT2D eigenvalue weighted by Gasteiger charge is -2.03. The molecule has 3 rings (SSSR count). The zero-order chi connectivity index (χ0) is 16.9. The van der Waals surface area contributed by atoms with Crippen LogP contribution in [0.4, 0.5) is 0 Å². The van der Waals surface area contributed by atoms with E-state index in [1.54, 1.807) is 18.4 Å². The van der Waals surface area contributed by atoms with Crippen LogP contribution < -0.4 is 10.1 Å². The number of hydrogen-bond acceptors (Lipinski definition) is 4. The van der Waals surface area contributed by atoms with Gasteiger partial charge in [0.1, 0.15) is 5.75 Å². The summed E-state index contributed by atoms with van der Waals surface area (Å²) in [6, 6.07) is 7.82. The Morgan fingerprint density at radius 2 is 2.12 bits per heavy atom. The molecule has 0 unspecified atom stereocenters. The molecule has 6 heteroatoms. The van der Waals surface area contributed by atoms with Crippen molar-refractivity contribution in [1.29, 1.82) is 0 Å². The molecule has 0 saturated heterocycles. The predicted molar refractivity (Wildman–Crippen MR) is 96.7 cm³/mol. The van der Waals surface area contributed by atoms with Gasteiger partial charge in [-0.2, -0.15) is 0 Å². The highest BCUT2D eigenvalue weighted by atomic mass is 32.1. The number of hydrogen-bond donors (Lipinski definition) is 1. The summed E-state index contributed by atoms with van der Waals surface area (Å²) in [5.41, 5.74) is 2.90. The summed E-state index contributed by atoms with van der Waals surface area (Å²) in [7, 11) is 1.65. The minimum Gasteiger partial charge on any atom is -0.497 e. The highest BCUT2D eigenvalue weighted by Gasteiger charge is 2.12. The molecular weight excluding hydrogens is 322 g/mol. The number of methoxy groups -OCH3 is 1. The minimum atomic E-state index is 0.0582. The summed E-state index contributed by atoms with van der Waals surface area (Å²) in [4.78, 5) is 17.6. The van der Waals surface area contributed by atoms with Crippen molar-refractivity contribution >= 4 is 22.2 Å². The van der Waals surface area contributed by atoms with Crippen LogP contribution in [0, 0.1) is 0 Å². The van der Waals surface area contributed by atoms with Gasteiger partial charge in [-0.25, -0.2) is 4.98 Å². The average molecular weight is 343 g/mol. The Morgan fingerprint density at radius 1 is 1.33 bits per heavy atom. The zero-order valence-electron chi connectivity index (χ0n) is 13.9. The Hall–Kier alpha value is -2.34. The van der Waals surface area contributed by atoms with Crippen molar-refractivity contribution < 1.29 is 9.53 Å². The number of carbonyl (C=O) groups excluding carboxylic acids is 1. The molecule has 1 amide bonds. The first-order chi connectivity index (χ1) is 11.7. The van der Waals surface area contributed by atoms with E-state index in [1.165, 1.54) is 0 Å². The molecular formula is C18H21N3O2S. The van der Waals surface area contributed by atoms with Crippen LogP contribution >= 0.6 is 11.3 Å². The summed E-state index contributed by atoms with van der Waals surface area (Å²) in [6.07, 6.45) is 4.46. The standard InChI is InChI=1S/C18H21N3O2S/c1-3-4-9-19-17(22)10-14-12-24-18-20-16(11-21(14)18)13-5-7-15(23-2)8-6-13/h5-8,11-12H,3-4,9-10H2,1-2H3,(H,19,22). The van der Waals surface area contributed by atoms with E-state index in [0.29, 0.717) is 6.42 Å². The van der Waals surface area contributed by atoms with Crippen LogP contribution in [0.25, 0.3) is 16.2 Å². The topological polar surface area (TPSA) is 55.6 Å². The van der Waals surface area contributed by atoms with Crippen molar-refractivity contribution in [3.8, 4) is 17.0 Å². The SMILES string of the molecule is CCCCNC(=O)Cc1csc2nc(-c3ccc(OC)cc3)cn12. The number of thiazole rings is 1. The lowest BCUT2D eigenvalue weighted by Crippen LogP contribution is -2.26. The molecule has 3 aromatic rings. The first-order valence-corrected chi connectivity index (χ1v) is 8.96. The number of imidazole rings is 1. The third-order valence-corrected chi connectivity index (χ3v) is 4.75. The van der Waals surface area contributed by atoms with Crippen LogP contribution in [0.3, 0.4) is 0 Å². The molecule has 2 aromatic heterocycles. The number of carbonyl (C=O) groups is 1. The second-order valence-corrected chi connectivity index (χ2v) is 6.45. The minimum absolute atomic E-state index is 0.0582. The fraction of sp³-hybridized carbons (Fsp3) is 0.333. The molecule has 5 nitrogen and oxygen atoms in total. The van der Waals surface area contributed by atoms with Crippen molar-refractivity contribution in [2.45, 2.75) is 26.2 Å². The van der Waals surface area contributed by atoms with E-state index in [0.717, 1.165) is 47.0 Å². The second-order valence-electron chi connectivity index (χ2n) is 5.61. The highest BCUT2D eigenvalue weighted by molar-refractivity contribution is 7.15. The first kappa shape index (κ1) is 16.5. The molecule has 0 aliphatic heterocycles. The summed E-state index contributed by atoms with van der Waals surface area (Å²) in [6.45, 7) is 2.85. The molecule has 0 spiro atoms. The molecule has 24 heavy (non-hydrogen) atoms. The Morgan fingerprint density at radius 3 is 2.83 bits per heavy atom. The number of unbranched alkanes of at least 4 members (excludes halogenated alkanes) is 1. The number of benzene rings is 1. The Balaban J connectivity index is 1.77. The monoisotopic (exact) mass is 343 g/mol. The zero-order valence-corrected chi connectivity index (χ0v) is 14.7. The van der Waals surface area contributed by atoms with Gasteiger partial charge in [-0.05, 0) is 30.7 Å². The van der Waals surface area contributed by atoms with Gasteiger partial charge in [-0.15, -0.1) is 11.3 Å². The van der Waals surface area contributed by atoms with E-state index in [4.69, 9.17) is 4.74 Å². The Kier molecular flexibility index (Phi) is 5.15. The van der Waals surface area contributed by atoms with Crippen LogP contribution in [0.2, 0.25) is 0 Å². The van der Waals surface area contributed by atoms with Gasteiger partial charge in [0.05, 0.1) is 19.2 Å². The largest absolute Gasteiger partial charge is 0.497 e.